The van der Waals surface area contributed by atoms with Gasteiger partial charge in [-0.2, -0.15) is 0 Å². The van der Waals surface area contributed by atoms with E-state index in [0.29, 0.717) is 5.88 Å². The summed E-state index contributed by atoms with van der Waals surface area (Å²) < 4.78 is 0. The Labute approximate surface area is 106 Å². The molecule has 17 heavy (non-hydrogen) atoms. The molecule has 0 aliphatic heterocycles. The fraction of sp³-hybridized carbons (Fsp3) is 0.455. The van der Waals surface area contributed by atoms with Gasteiger partial charge in [0.15, 0.2) is 0 Å². The van der Waals surface area contributed by atoms with Crippen molar-refractivity contribution in [1.82, 2.24) is 5.64 Å². The summed E-state index contributed by atoms with van der Waals surface area (Å²) in [5, 5.41) is 16.3. The summed E-state index contributed by atoms with van der Waals surface area (Å²) in [7, 11) is 0. The zero-order valence-electron chi connectivity index (χ0n) is 9.51. The van der Waals surface area contributed by atoms with E-state index in [1.54, 1.807) is 0 Å². The maximum absolute atomic E-state index is 8.15. The lowest BCUT2D eigenvalue weighted by atomic mass is 10.2. The SMILES string of the molecule is ClCc1ccccc1.OCCONOCCO. The van der Waals surface area contributed by atoms with Gasteiger partial charge in [0.05, 0.1) is 26.4 Å². The molecule has 0 atom stereocenters. The standard InChI is InChI=1S/C7H7Cl.C4H11NO4/c8-6-7-4-2-1-3-5-7;6-1-3-8-5-9-4-2-7/h1-5H,6H2;5-7H,1-4H2. The molecule has 5 nitrogen and oxygen atoms in total. The molecule has 0 fully saturated rings. The first-order valence-corrected chi connectivity index (χ1v) is 5.68. The van der Waals surface area contributed by atoms with Gasteiger partial charge in [0, 0.05) is 5.88 Å². The normalized spacial score (nSPS) is 9.59. The van der Waals surface area contributed by atoms with Crippen molar-refractivity contribution in [3.63, 3.8) is 0 Å². The van der Waals surface area contributed by atoms with Gasteiger partial charge in [-0.25, -0.2) is 0 Å². The van der Waals surface area contributed by atoms with Gasteiger partial charge in [0.2, 0.25) is 0 Å². The highest BCUT2D eigenvalue weighted by molar-refractivity contribution is 6.17. The topological polar surface area (TPSA) is 71.0 Å². The molecule has 0 amide bonds. The molecule has 0 saturated carbocycles. The van der Waals surface area contributed by atoms with E-state index >= 15 is 0 Å². The summed E-state index contributed by atoms with van der Waals surface area (Å²) in [6.07, 6.45) is 0. The van der Waals surface area contributed by atoms with Crippen LogP contribution in [0.25, 0.3) is 0 Å². The first-order chi connectivity index (χ1) is 8.35. The molecule has 0 unspecified atom stereocenters. The van der Waals surface area contributed by atoms with Crippen LogP contribution in [0.4, 0.5) is 0 Å². The van der Waals surface area contributed by atoms with E-state index in [1.807, 2.05) is 30.3 Å². The van der Waals surface area contributed by atoms with E-state index < -0.39 is 0 Å². The van der Waals surface area contributed by atoms with E-state index in [9.17, 15) is 0 Å². The average molecular weight is 264 g/mol. The van der Waals surface area contributed by atoms with Crippen LogP contribution >= 0.6 is 11.6 Å². The summed E-state index contributed by atoms with van der Waals surface area (Å²) >= 11 is 5.53. The number of hydrogen-bond donors (Lipinski definition) is 3. The van der Waals surface area contributed by atoms with E-state index in [1.165, 1.54) is 5.56 Å². The molecule has 98 valence electrons. The van der Waals surface area contributed by atoms with Crippen LogP contribution in [0.3, 0.4) is 0 Å². The van der Waals surface area contributed by atoms with Crippen molar-refractivity contribution in [1.29, 1.82) is 0 Å². The summed E-state index contributed by atoms with van der Waals surface area (Å²) in [5.41, 5.74) is 3.24. The van der Waals surface area contributed by atoms with Crippen LogP contribution in [0.1, 0.15) is 5.56 Å². The van der Waals surface area contributed by atoms with Crippen LogP contribution in [-0.2, 0) is 15.6 Å². The van der Waals surface area contributed by atoms with Gasteiger partial charge in [0.25, 0.3) is 0 Å². The first kappa shape index (κ1) is 16.3. The lowest BCUT2D eigenvalue weighted by molar-refractivity contribution is -0.178. The lowest BCUT2D eigenvalue weighted by Crippen LogP contribution is -2.19. The second-order valence-electron chi connectivity index (χ2n) is 2.85. The number of rotatable bonds is 7. The number of benzene rings is 1. The minimum absolute atomic E-state index is 0.0600. The average Bonchev–Trinajstić information content (AvgIpc) is 2.40. The Morgan fingerprint density at radius 3 is 1.88 bits per heavy atom. The van der Waals surface area contributed by atoms with Gasteiger partial charge in [-0.05, 0) is 5.56 Å². The Hall–Kier alpha value is -0.690. The van der Waals surface area contributed by atoms with Gasteiger partial charge < -0.3 is 10.2 Å². The minimum Gasteiger partial charge on any atom is -0.394 e. The second-order valence-corrected chi connectivity index (χ2v) is 3.11. The van der Waals surface area contributed by atoms with Gasteiger partial charge in [0.1, 0.15) is 0 Å². The quantitative estimate of drug-likeness (QED) is 0.387. The smallest absolute Gasteiger partial charge is 0.0940 e. The molecule has 0 saturated heterocycles. The minimum atomic E-state index is -0.0600. The molecule has 3 N–H and O–H groups in total. The van der Waals surface area contributed by atoms with Gasteiger partial charge in [-0.3, -0.25) is 9.68 Å². The summed E-state index contributed by atoms with van der Waals surface area (Å²) in [6, 6.07) is 9.96. The maximum atomic E-state index is 8.15. The molecule has 1 rings (SSSR count). The molecule has 0 radical (unpaired) electrons. The molecule has 0 aliphatic rings. The van der Waals surface area contributed by atoms with E-state index in [0.717, 1.165) is 0 Å². The van der Waals surface area contributed by atoms with Crippen molar-refractivity contribution >= 4 is 11.6 Å². The molecule has 0 heterocycles. The largest absolute Gasteiger partial charge is 0.394 e. The lowest BCUT2D eigenvalue weighted by Gasteiger charge is -2.01. The fourth-order valence-corrected chi connectivity index (χ4v) is 0.962. The van der Waals surface area contributed by atoms with E-state index in [4.69, 9.17) is 21.8 Å². The maximum Gasteiger partial charge on any atom is 0.0940 e. The zero-order chi connectivity index (χ0) is 12.8. The Morgan fingerprint density at radius 2 is 1.53 bits per heavy atom. The van der Waals surface area contributed by atoms with Crippen LogP contribution in [-0.4, -0.2) is 36.6 Å². The van der Waals surface area contributed by atoms with Crippen molar-refractivity contribution in [2.24, 2.45) is 0 Å². The number of hydrogen-bond acceptors (Lipinski definition) is 5. The van der Waals surface area contributed by atoms with E-state index in [-0.39, 0.29) is 26.4 Å². The fourth-order valence-electron chi connectivity index (χ4n) is 0.783. The van der Waals surface area contributed by atoms with Gasteiger partial charge in [-0.15, -0.1) is 11.6 Å². The number of aliphatic hydroxyl groups is 2. The number of alkyl halides is 1. The third kappa shape index (κ3) is 11.6. The molecule has 0 aromatic heterocycles. The Balaban J connectivity index is 0.000000302. The monoisotopic (exact) mass is 263 g/mol. The highest BCUT2D eigenvalue weighted by Gasteiger charge is 1.83. The third-order valence-corrected chi connectivity index (χ3v) is 1.81. The molecule has 0 spiro atoms. The third-order valence-electron chi connectivity index (χ3n) is 1.50. The Morgan fingerprint density at radius 1 is 1.00 bits per heavy atom. The van der Waals surface area contributed by atoms with Gasteiger partial charge in [-0.1, -0.05) is 36.0 Å². The zero-order valence-corrected chi connectivity index (χ0v) is 10.3. The molecule has 1 aromatic carbocycles. The van der Waals surface area contributed by atoms with E-state index in [2.05, 4.69) is 15.3 Å². The van der Waals surface area contributed by atoms with Crippen molar-refractivity contribution in [2.45, 2.75) is 5.88 Å². The Bertz CT molecular complexity index is 242. The molecular weight excluding hydrogens is 246 g/mol. The molecule has 1 aromatic rings. The first-order valence-electron chi connectivity index (χ1n) is 5.15. The highest BCUT2D eigenvalue weighted by Crippen LogP contribution is 2.00. The van der Waals surface area contributed by atoms with Crippen molar-refractivity contribution in [2.75, 3.05) is 26.4 Å². The second kappa shape index (κ2) is 13.4. The number of halogens is 1. The summed E-state index contributed by atoms with van der Waals surface area (Å²) in [4.78, 5) is 8.90. The summed E-state index contributed by atoms with van der Waals surface area (Å²) in [5.74, 6) is 0.612. The summed E-state index contributed by atoms with van der Waals surface area (Å²) in [6.45, 7) is 0.224. The predicted octanol–water partition coefficient (Wildman–Crippen LogP) is 0.849. The van der Waals surface area contributed by atoms with Gasteiger partial charge >= 0.3 is 0 Å². The van der Waals surface area contributed by atoms with Crippen LogP contribution < -0.4 is 5.64 Å². The predicted molar refractivity (Wildman–Crippen MR) is 65.2 cm³/mol. The molecule has 6 heteroatoms. The van der Waals surface area contributed by atoms with Crippen molar-refractivity contribution < 1.29 is 19.9 Å². The van der Waals surface area contributed by atoms with Crippen molar-refractivity contribution in [3.8, 4) is 0 Å². The Kier molecular flexibility index (Phi) is 12.8. The van der Waals surface area contributed by atoms with Crippen LogP contribution in [0, 0.1) is 0 Å². The van der Waals surface area contributed by atoms with Crippen LogP contribution in [0.15, 0.2) is 30.3 Å². The van der Waals surface area contributed by atoms with Crippen molar-refractivity contribution in [3.05, 3.63) is 35.9 Å². The number of aliphatic hydroxyl groups excluding tert-OH is 2. The van der Waals surface area contributed by atoms with Crippen LogP contribution in [0.2, 0.25) is 0 Å². The molecular formula is C11H18ClNO4. The highest BCUT2D eigenvalue weighted by atomic mass is 35.5. The molecule has 0 bridgehead atoms. The number of nitrogens with one attached hydrogen (secondary N) is 1. The molecule has 0 aliphatic carbocycles. The van der Waals surface area contributed by atoms with Crippen LogP contribution in [0.5, 0.6) is 0 Å².